The van der Waals surface area contributed by atoms with Gasteiger partial charge in [0.05, 0.1) is 0 Å². The van der Waals surface area contributed by atoms with Gasteiger partial charge in [0, 0.05) is 57.9 Å². The van der Waals surface area contributed by atoms with E-state index >= 15 is 0 Å². The summed E-state index contributed by atoms with van der Waals surface area (Å²) in [6, 6.07) is 1.65. The first kappa shape index (κ1) is 18.3. The molecule has 4 rings (SSSR count). The number of piperazine rings is 1. The Hall–Kier alpha value is -0.120. The molecule has 2 bridgehead atoms. The normalized spacial score (nSPS) is 36.0. The van der Waals surface area contributed by atoms with Crippen molar-refractivity contribution in [1.82, 2.24) is 14.7 Å². The van der Waals surface area contributed by atoms with Crippen molar-refractivity contribution < 1.29 is 0 Å². The second kappa shape index (κ2) is 7.13. The van der Waals surface area contributed by atoms with Gasteiger partial charge in [-0.15, -0.1) is 0 Å². The largest absolute Gasteiger partial charge is 0.301 e. The van der Waals surface area contributed by atoms with E-state index in [1.54, 1.807) is 0 Å². The second-order valence-corrected chi connectivity index (χ2v) is 10.6. The molecule has 0 aromatic heterocycles. The van der Waals surface area contributed by atoms with Crippen molar-refractivity contribution in [2.75, 3.05) is 45.8 Å². The maximum absolute atomic E-state index is 2.91. The van der Waals surface area contributed by atoms with Crippen molar-refractivity contribution in [3.05, 3.63) is 0 Å². The highest BCUT2D eigenvalue weighted by molar-refractivity contribution is 5.03. The molecule has 0 aromatic rings. The fourth-order valence-electron chi connectivity index (χ4n) is 6.26. The lowest BCUT2D eigenvalue weighted by atomic mass is 9.90. The average molecular weight is 348 g/mol. The van der Waals surface area contributed by atoms with Gasteiger partial charge in [-0.3, -0.25) is 9.80 Å². The van der Waals surface area contributed by atoms with Crippen LogP contribution in [0.25, 0.3) is 0 Å². The summed E-state index contributed by atoms with van der Waals surface area (Å²) in [6.45, 7) is 18.9. The summed E-state index contributed by atoms with van der Waals surface area (Å²) >= 11 is 0. The summed E-state index contributed by atoms with van der Waals surface area (Å²) in [7, 11) is 0. The van der Waals surface area contributed by atoms with Gasteiger partial charge in [0.2, 0.25) is 0 Å². The Labute approximate surface area is 156 Å². The Morgan fingerprint density at radius 3 is 2.20 bits per heavy atom. The Bertz CT molecular complexity index is 448. The zero-order chi connectivity index (χ0) is 17.6. The number of likely N-dealkylation sites (tertiary alicyclic amines) is 1. The van der Waals surface area contributed by atoms with Crippen molar-refractivity contribution in [2.24, 2.45) is 23.2 Å². The summed E-state index contributed by atoms with van der Waals surface area (Å²) in [6.07, 6.45) is 7.47. The number of rotatable bonds is 7. The van der Waals surface area contributed by atoms with Gasteiger partial charge in [-0.2, -0.15) is 0 Å². The Morgan fingerprint density at radius 1 is 0.960 bits per heavy atom. The van der Waals surface area contributed by atoms with E-state index in [-0.39, 0.29) is 0 Å². The third-order valence-electron chi connectivity index (χ3n) is 7.77. The summed E-state index contributed by atoms with van der Waals surface area (Å²) in [5.41, 5.74) is 0.724. The van der Waals surface area contributed by atoms with E-state index in [9.17, 15) is 0 Å². The quantitative estimate of drug-likeness (QED) is 0.697. The third-order valence-corrected chi connectivity index (χ3v) is 7.77. The van der Waals surface area contributed by atoms with E-state index in [2.05, 4.69) is 42.4 Å². The van der Waals surface area contributed by atoms with E-state index in [4.69, 9.17) is 0 Å². The van der Waals surface area contributed by atoms with Gasteiger partial charge in [0.15, 0.2) is 0 Å². The van der Waals surface area contributed by atoms with Gasteiger partial charge in [-0.25, -0.2) is 0 Å². The zero-order valence-electron chi connectivity index (χ0n) is 17.2. The molecule has 2 aliphatic heterocycles. The van der Waals surface area contributed by atoms with Crippen LogP contribution in [0.3, 0.4) is 0 Å². The molecule has 0 unspecified atom stereocenters. The zero-order valence-corrected chi connectivity index (χ0v) is 17.2. The maximum atomic E-state index is 2.91. The monoisotopic (exact) mass is 347 g/mol. The van der Waals surface area contributed by atoms with Crippen LogP contribution in [-0.4, -0.2) is 72.6 Å². The lowest BCUT2D eigenvalue weighted by Crippen LogP contribution is -2.51. The van der Waals surface area contributed by atoms with Crippen LogP contribution in [0.5, 0.6) is 0 Å². The van der Waals surface area contributed by atoms with Gasteiger partial charge < -0.3 is 4.90 Å². The lowest BCUT2D eigenvalue weighted by Gasteiger charge is -2.40. The molecule has 0 N–H and O–H groups in total. The maximum Gasteiger partial charge on any atom is 0.0113 e. The van der Waals surface area contributed by atoms with Gasteiger partial charge in [-0.1, -0.05) is 13.8 Å². The van der Waals surface area contributed by atoms with Crippen molar-refractivity contribution in [1.29, 1.82) is 0 Å². The molecule has 2 heterocycles. The van der Waals surface area contributed by atoms with Crippen LogP contribution in [-0.2, 0) is 0 Å². The third kappa shape index (κ3) is 4.09. The molecule has 25 heavy (non-hydrogen) atoms. The molecule has 3 atom stereocenters. The van der Waals surface area contributed by atoms with Crippen LogP contribution >= 0.6 is 0 Å². The molecule has 2 saturated carbocycles. The van der Waals surface area contributed by atoms with E-state index in [1.807, 2.05) is 0 Å². The van der Waals surface area contributed by atoms with E-state index in [0.717, 1.165) is 35.3 Å². The topological polar surface area (TPSA) is 9.72 Å². The van der Waals surface area contributed by atoms with Crippen LogP contribution in [0.1, 0.15) is 59.8 Å². The number of nitrogens with zero attached hydrogens (tertiary/aromatic N) is 3. The predicted molar refractivity (Wildman–Crippen MR) is 106 cm³/mol. The minimum Gasteiger partial charge on any atom is -0.301 e. The SMILES string of the molecule is CC(C)CC1(CN2C[C@@H]3C[C@H]2C[C@H]3CN2CCN(C(C)C)CC2)CC1. The molecule has 144 valence electrons. The summed E-state index contributed by atoms with van der Waals surface area (Å²) in [5, 5.41) is 0. The molecule has 3 nitrogen and oxygen atoms in total. The fourth-order valence-corrected chi connectivity index (χ4v) is 6.26. The highest BCUT2D eigenvalue weighted by Gasteiger charge is 2.50. The molecule has 0 amide bonds. The van der Waals surface area contributed by atoms with Gasteiger partial charge in [0.1, 0.15) is 0 Å². The molecule has 4 fully saturated rings. The summed E-state index contributed by atoms with van der Waals surface area (Å²) < 4.78 is 0. The molecule has 2 saturated heterocycles. The van der Waals surface area contributed by atoms with Gasteiger partial charge >= 0.3 is 0 Å². The van der Waals surface area contributed by atoms with E-state index in [0.29, 0.717) is 0 Å². The molecule has 0 radical (unpaired) electrons. The van der Waals surface area contributed by atoms with Crippen molar-refractivity contribution in [3.63, 3.8) is 0 Å². The smallest absolute Gasteiger partial charge is 0.0113 e. The first-order chi connectivity index (χ1) is 11.9. The van der Waals surface area contributed by atoms with Gasteiger partial charge in [0.25, 0.3) is 0 Å². The fraction of sp³-hybridized carbons (Fsp3) is 1.00. The van der Waals surface area contributed by atoms with Gasteiger partial charge in [-0.05, 0) is 69.1 Å². The minimum atomic E-state index is 0.721. The highest BCUT2D eigenvalue weighted by Crippen LogP contribution is 2.53. The molecular weight excluding hydrogens is 306 g/mol. The number of hydrogen-bond acceptors (Lipinski definition) is 3. The second-order valence-electron chi connectivity index (χ2n) is 10.6. The first-order valence-corrected chi connectivity index (χ1v) is 11.1. The predicted octanol–water partition coefficient (Wildman–Crippen LogP) is 3.55. The number of piperidine rings is 1. The summed E-state index contributed by atoms with van der Waals surface area (Å²) in [5.74, 6) is 2.87. The average Bonchev–Trinajstić information content (AvgIpc) is 3.01. The van der Waals surface area contributed by atoms with E-state index < -0.39 is 0 Å². The molecule has 0 aromatic carbocycles. The van der Waals surface area contributed by atoms with Crippen LogP contribution in [0.2, 0.25) is 0 Å². The van der Waals surface area contributed by atoms with Crippen LogP contribution < -0.4 is 0 Å². The minimum absolute atomic E-state index is 0.721. The molecule has 4 aliphatic rings. The van der Waals surface area contributed by atoms with Crippen LogP contribution in [0.15, 0.2) is 0 Å². The first-order valence-electron chi connectivity index (χ1n) is 11.1. The molecule has 3 heteroatoms. The molecule has 0 spiro atoms. The van der Waals surface area contributed by atoms with Crippen molar-refractivity contribution in [2.45, 2.75) is 71.9 Å². The summed E-state index contributed by atoms with van der Waals surface area (Å²) in [4.78, 5) is 8.33. The Balaban J connectivity index is 1.22. The number of hydrogen-bond donors (Lipinski definition) is 0. The standard InChI is InChI=1S/C22H41N3/c1-17(2)13-22(5-6-22)16-25-15-20-12-21(25)11-19(20)14-23-7-9-24(10-8-23)18(3)4/h17-21H,5-16H2,1-4H3/t19-,20-,21+/m0/s1. The molecular formula is C22H41N3. The van der Waals surface area contributed by atoms with Crippen molar-refractivity contribution >= 4 is 0 Å². The number of fused-ring (bicyclic) bond motifs is 2. The van der Waals surface area contributed by atoms with E-state index in [1.165, 1.54) is 77.9 Å². The Morgan fingerprint density at radius 2 is 1.68 bits per heavy atom. The van der Waals surface area contributed by atoms with Crippen molar-refractivity contribution in [3.8, 4) is 0 Å². The molecule has 2 aliphatic carbocycles. The van der Waals surface area contributed by atoms with Crippen LogP contribution in [0.4, 0.5) is 0 Å². The lowest BCUT2D eigenvalue weighted by molar-refractivity contribution is 0.0732. The Kier molecular flexibility index (Phi) is 5.20. The highest BCUT2D eigenvalue weighted by atomic mass is 15.3. The van der Waals surface area contributed by atoms with Crippen LogP contribution in [0, 0.1) is 23.2 Å².